The number of aromatic nitrogens is 4. The van der Waals surface area contributed by atoms with E-state index in [-0.39, 0.29) is 0 Å². The third-order valence-electron chi connectivity index (χ3n) is 9.21. The highest BCUT2D eigenvalue weighted by Gasteiger charge is 2.19. The van der Waals surface area contributed by atoms with E-state index >= 15 is 0 Å². The number of rotatable bonds is 6. The van der Waals surface area contributed by atoms with Crippen molar-refractivity contribution in [2.75, 3.05) is 0 Å². The van der Waals surface area contributed by atoms with E-state index in [0.29, 0.717) is 17.5 Å². The molecular weight excluding hydrogens is 609 g/mol. The van der Waals surface area contributed by atoms with Gasteiger partial charge in [0.25, 0.3) is 0 Å². The van der Waals surface area contributed by atoms with Crippen molar-refractivity contribution in [1.29, 1.82) is 0 Å². The molecule has 234 valence electrons. The minimum atomic E-state index is 0.636. The van der Waals surface area contributed by atoms with Gasteiger partial charge < -0.3 is 0 Å². The van der Waals surface area contributed by atoms with Crippen LogP contribution in [0.2, 0.25) is 0 Å². The topological polar surface area (TPSA) is 51.6 Å². The van der Waals surface area contributed by atoms with Gasteiger partial charge in [0, 0.05) is 34.6 Å². The Morgan fingerprint density at radius 2 is 0.700 bits per heavy atom. The van der Waals surface area contributed by atoms with Crippen molar-refractivity contribution in [2.45, 2.75) is 0 Å². The van der Waals surface area contributed by atoms with Gasteiger partial charge in [-0.05, 0) is 61.5 Å². The Labute approximate surface area is 290 Å². The van der Waals surface area contributed by atoms with E-state index in [2.05, 4.69) is 108 Å². The molecule has 2 aromatic heterocycles. The first-order valence-electron chi connectivity index (χ1n) is 16.7. The molecular formula is C46H30N4. The normalized spacial score (nSPS) is 11.2. The summed E-state index contributed by atoms with van der Waals surface area (Å²) in [4.78, 5) is 19.2. The lowest BCUT2D eigenvalue weighted by Gasteiger charge is -2.19. The van der Waals surface area contributed by atoms with E-state index in [1.807, 2.05) is 79.1 Å². The molecule has 0 N–H and O–H groups in total. The highest BCUT2D eigenvalue weighted by molar-refractivity contribution is 6.22. The summed E-state index contributed by atoms with van der Waals surface area (Å²) in [6.07, 6.45) is 3.74. The molecule has 0 amide bonds. The molecule has 50 heavy (non-hydrogen) atoms. The number of fused-ring (bicyclic) bond motifs is 3. The van der Waals surface area contributed by atoms with Crippen molar-refractivity contribution >= 4 is 21.5 Å². The quantitative estimate of drug-likeness (QED) is 0.170. The molecule has 0 saturated carbocycles. The molecule has 0 radical (unpaired) electrons. The van der Waals surface area contributed by atoms with Crippen LogP contribution in [0.1, 0.15) is 0 Å². The third-order valence-corrected chi connectivity index (χ3v) is 9.21. The van der Waals surface area contributed by atoms with E-state index in [1.54, 1.807) is 0 Å². The molecule has 0 bridgehead atoms. The summed E-state index contributed by atoms with van der Waals surface area (Å²) in [6.45, 7) is 0. The van der Waals surface area contributed by atoms with Gasteiger partial charge in [-0.3, -0.25) is 4.98 Å². The minimum Gasteiger partial charge on any atom is -0.264 e. The summed E-state index contributed by atoms with van der Waals surface area (Å²) in [5.74, 6) is 1.93. The first-order chi connectivity index (χ1) is 24.8. The Morgan fingerprint density at radius 1 is 0.280 bits per heavy atom. The van der Waals surface area contributed by atoms with Crippen LogP contribution in [0.15, 0.2) is 182 Å². The van der Waals surface area contributed by atoms with Crippen LogP contribution in [0.5, 0.6) is 0 Å². The van der Waals surface area contributed by atoms with Gasteiger partial charge in [0.2, 0.25) is 0 Å². The maximum Gasteiger partial charge on any atom is 0.164 e. The van der Waals surface area contributed by atoms with Gasteiger partial charge in [0.1, 0.15) is 0 Å². The summed E-state index contributed by atoms with van der Waals surface area (Å²) in [7, 11) is 0. The van der Waals surface area contributed by atoms with Crippen LogP contribution in [-0.2, 0) is 0 Å². The summed E-state index contributed by atoms with van der Waals surface area (Å²) in [6, 6.07) is 59.2. The zero-order valence-corrected chi connectivity index (χ0v) is 27.1. The molecule has 0 saturated heterocycles. The predicted octanol–water partition coefficient (Wildman–Crippen LogP) is 11.6. The van der Waals surface area contributed by atoms with E-state index in [0.717, 1.165) is 33.4 Å². The molecule has 0 aliphatic heterocycles. The van der Waals surface area contributed by atoms with Gasteiger partial charge in [0.15, 0.2) is 17.5 Å². The molecule has 9 rings (SSSR count). The lowest BCUT2D eigenvalue weighted by atomic mass is 9.84. The number of benzene rings is 7. The molecule has 0 fully saturated rings. The lowest BCUT2D eigenvalue weighted by Crippen LogP contribution is -2.00. The number of pyridine rings is 1. The maximum absolute atomic E-state index is 4.97. The van der Waals surface area contributed by atoms with Gasteiger partial charge in [0.05, 0.1) is 0 Å². The summed E-state index contributed by atoms with van der Waals surface area (Å²) in [5.41, 5.74) is 9.75. The second-order valence-electron chi connectivity index (χ2n) is 12.3. The fourth-order valence-electron chi connectivity index (χ4n) is 6.83. The monoisotopic (exact) mass is 638 g/mol. The van der Waals surface area contributed by atoms with Gasteiger partial charge in [-0.25, -0.2) is 15.0 Å². The Morgan fingerprint density at radius 3 is 1.28 bits per heavy atom. The third kappa shape index (κ3) is 5.39. The molecule has 0 atom stereocenters. The van der Waals surface area contributed by atoms with Crippen molar-refractivity contribution in [3.05, 3.63) is 182 Å². The number of hydrogen-bond acceptors (Lipinski definition) is 4. The highest BCUT2D eigenvalue weighted by atomic mass is 15.0. The van der Waals surface area contributed by atoms with Crippen molar-refractivity contribution in [3.8, 4) is 67.5 Å². The largest absolute Gasteiger partial charge is 0.264 e. The minimum absolute atomic E-state index is 0.636. The van der Waals surface area contributed by atoms with Crippen LogP contribution in [0.25, 0.3) is 89.1 Å². The second-order valence-corrected chi connectivity index (χ2v) is 12.3. The summed E-state index contributed by atoms with van der Waals surface area (Å²) in [5, 5.41) is 4.85. The molecule has 0 aliphatic rings. The van der Waals surface area contributed by atoms with Gasteiger partial charge in [-0.1, -0.05) is 158 Å². The summed E-state index contributed by atoms with van der Waals surface area (Å²) >= 11 is 0. The fraction of sp³-hybridized carbons (Fsp3) is 0. The van der Waals surface area contributed by atoms with Gasteiger partial charge in [-0.2, -0.15) is 0 Å². The van der Waals surface area contributed by atoms with Crippen LogP contribution in [0.4, 0.5) is 0 Å². The number of hydrogen-bond donors (Lipinski definition) is 0. The molecule has 0 unspecified atom stereocenters. The Bertz CT molecular complexity index is 2550. The molecule has 0 spiro atoms. The lowest BCUT2D eigenvalue weighted by molar-refractivity contribution is 1.07. The van der Waals surface area contributed by atoms with E-state index in [4.69, 9.17) is 15.0 Å². The second kappa shape index (κ2) is 12.7. The Hall–Kier alpha value is -6.78. The van der Waals surface area contributed by atoms with Crippen LogP contribution < -0.4 is 0 Å². The van der Waals surface area contributed by atoms with Crippen LogP contribution in [0, 0.1) is 0 Å². The van der Waals surface area contributed by atoms with Crippen molar-refractivity contribution in [3.63, 3.8) is 0 Å². The Balaban J connectivity index is 1.25. The van der Waals surface area contributed by atoms with E-state index in [1.165, 1.54) is 38.2 Å². The van der Waals surface area contributed by atoms with Crippen molar-refractivity contribution in [1.82, 2.24) is 19.9 Å². The van der Waals surface area contributed by atoms with Crippen LogP contribution >= 0.6 is 0 Å². The molecule has 2 heterocycles. The van der Waals surface area contributed by atoms with E-state index < -0.39 is 0 Å². The molecule has 4 nitrogen and oxygen atoms in total. The predicted molar refractivity (Wildman–Crippen MR) is 205 cm³/mol. The molecule has 4 heteroatoms. The highest BCUT2D eigenvalue weighted by Crippen LogP contribution is 2.45. The average molecular weight is 639 g/mol. The van der Waals surface area contributed by atoms with Crippen LogP contribution in [-0.4, -0.2) is 19.9 Å². The summed E-state index contributed by atoms with van der Waals surface area (Å²) < 4.78 is 0. The zero-order valence-electron chi connectivity index (χ0n) is 27.1. The SMILES string of the molecule is c1ccc(-c2nc(-c3ccccc3)nc(-c3ccc(-c4c(-c5ccccc5)c5cc(-c6cccnc6)ccc5c5ccccc45)cc3)n2)cc1. The van der Waals surface area contributed by atoms with E-state index in [9.17, 15) is 0 Å². The zero-order chi connectivity index (χ0) is 33.3. The first-order valence-corrected chi connectivity index (χ1v) is 16.7. The van der Waals surface area contributed by atoms with Crippen molar-refractivity contribution in [2.24, 2.45) is 0 Å². The van der Waals surface area contributed by atoms with Gasteiger partial charge >= 0.3 is 0 Å². The smallest absolute Gasteiger partial charge is 0.164 e. The van der Waals surface area contributed by atoms with Crippen LogP contribution in [0.3, 0.4) is 0 Å². The fourth-order valence-corrected chi connectivity index (χ4v) is 6.83. The van der Waals surface area contributed by atoms with Gasteiger partial charge in [-0.15, -0.1) is 0 Å². The maximum atomic E-state index is 4.97. The molecule has 7 aromatic carbocycles. The standard InChI is InChI=1S/C46H30N4/c1-4-13-31(14-5-1)43-41-29-36(37-19-12-28-47-30-37)26-27-39(41)38-20-10-11-21-40(38)42(43)32-22-24-35(25-23-32)46-49-44(33-15-6-2-7-16-33)48-45(50-46)34-17-8-3-9-18-34/h1-30H. The molecule has 0 aliphatic carbocycles. The first kappa shape index (κ1) is 29.4. The Kier molecular flexibility index (Phi) is 7.45. The van der Waals surface area contributed by atoms with Crippen molar-refractivity contribution < 1.29 is 0 Å². The number of nitrogens with zero attached hydrogens (tertiary/aromatic N) is 4. The molecule has 9 aromatic rings. The average Bonchev–Trinajstić information content (AvgIpc) is 3.21.